The molecule has 0 atom stereocenters. The fourth-order valence-electron chi connectivity index (χ4n) is 2.35. The van der Waals surface area contributed by atoms with Crippen LogP contribution in [0.4, 0.5) is 0 Å². The van der Waals surface area contributed by atoms with Crippen molar-refractivity contribution in [3.8, 4) is 17.1 Å². The van der Waals surface area contributed by atoms with Gasteiger partial charge in [0.15, 0.2) is 10.6 Å². The SMILES string of the molecule is CCc1ccc(-n2ncc(-c3n[nH]c(=S)n3C)c2C)cc1. The lowest BCUT2D eigenvalue weighted by Gasteiger charge is -2.06. The average molecular weight is 299 g/mol. The quantitative estimate of drug-likeness (QED) is 0.756. The lowest BCUT2D eigenvalue weighted by Crippen LogP contribution is -2.00. The molecular weight excluding hydrogens is 282 g/mol. The Labute approximate surface area is 128 Å². The number of aryl methyl sites for hydroxylation is 1. The molecule has 0 saturated heterocycles. The van der Waals surface area contributed by atoms with Crippen molar-refractivity contribution in [3.05, 3.63) is 46.5 Å². The zero-order valence-electron chi connectivity index (χ0n) is 12.3. The van der Waals surface area contributed by atoms with Gasteiger partial charge in [-0.2, -0.15) is 10.2 Å². The van der Waals surface area contributed by atoms with Crippen LogP contribution in [0.2, 0.25) is 0 Å². The largest absolute Gasteiger partial charge is 0.303 e. The van der Waals surface area contributed by atoms with E-state index in [1.807, 2.05) is 29.4 Å². The number of aromatic nitrogens is 5. The highest BCUT2D eigenvalue weighted by Crippen LogP contribution is 2.23. The molecule has 1 aromatic carbocycles. The van der Waals surface area contributed by atoms with Crippen LogP contribution in [0.25, 0.3) is 17.1 Å². The van der Waals surface area contributed by atoms with Crippen molar-refractivity contribution < 1.29 is 0 Å². The van der Waals surface area contributed by atoms with Crippen molar-refractivity contribution in [1.29, 1.82) is 0 Å². The Morgan fingerprint density at radius 2 is 1.95 bits per heavy atom. The molecule has 0 bridgehead atoms. The van der Waals surface area contributed by atoms with Gasteiger partial charge in [0.25, 0.3) is 0 Å². The Bertz CT molecular complexity index is 823. The highest BCUT2D eigenvalue weighted by Gasteiger charge is 2.14. The number of hydrogen-bond donors (Lipinski definition) is 1. The molecular formula is C15H17N5S. The summed E-state index contributed by atoms with van der Waals surface area (Å²) in [6.07, 6.45) is 2.86. The second-order valence-corrected chi connectivity index (χ2v) is 5.37. The van der Waals surface area contributed by atoms with Crippen molar-refractivity contribution in [2.24, 2.45) is 7.05 Å². The third-order valence-corrected chi connectivity index (χ3v) is 4.08. The van der Waals surface area contributed by atoms with Gasteiger partial charge in [-0.05, 0) is 43.3 Å². The Balaban J connectivity index is 2.06. The second-order valence-electron chi connectivity index (χ2n) is 4.99. The van der Waals surface area contributed by atoms with E-state index in [9.17, 15) is 0 Å². The van der Waals surface area contributed by atoms with Crippen LogP contribution < -0.4 is 0 Å². The molecule has 2 heterocycles. The summed E-state index contributed by atoms with van der Waals surface area (Å²) in [5.41, 5.74) is 4.38. The van der Waals surface area contributed by atoms with Crippen LogP contribution in [0.15, 0.2) is 30.5 Å². The van der Waals surface area contributed by atoms with Crippen LogP contribution in [0.5, 0.6) is 0 Å². The number of nitrogens with zero attached hydrogens (tertiary/aromatic N) is 4. The fraction of sp³-hybridized carbons (Fsp3) is 0.267. The van der Waals surface area contributed by atoms with E-state index in [1.54, 1.807) is 0 Å². The number of H-pyrrole nitrogens is 1. The minimum absolute atomic E-state index is 0.601. The Morgan fingerprint density at radius 1 is 1.24 bits per heavy atom. The smallest absolute Gasteiger partial charge is 0.195 e. The van der Waals surface area contributed by atoms with Crippen LogP contribution in [0.3, 0.4) is 0 Å². The fourth-order valence-corrected chi connectivity index (χ4v) is 2.48. The molecule has 0 amide bonds. The van der Waals surface area contributed by atoms with E-state index < -0.39 is 0 Å². The summed E-state index contributed by atoms with van der Waals surface area (Å²) in [6.45, 7) is 4.18. The molecule has 5 nitrogen and oxygen atoms in total. The molecule has 21 heavy (non-hydrogen) atoms. The zero-order chi connectivity index (χ0) is 15.0. The maximum Gasteiger partial charge on any atom is 0.195 e. The Hall–Kier alpha value is -2.21. The van der Waals surface area contributed by atoms with E-state index in [4.69, 9.17) is 12.2 Å². The van der Waals surface area contributed by atoms with Crippen LogP contribution in [-0.2, 0) is 13.5 Å². The van der Waals surface area contributed by atoms with Crippen molar-refractivity contribution >= 4 is 12.2 Å². The molecule has 0 unspecified atom stereocenters. The molecule has 0 fully saturated rings. The van der Waals surface area contributed by atoms with Gasteiger partial charge >= 0.3 is 0 Å². The van der Waals surface area contributed by atoms with E-state index >= 15 is 0 Å². The van der Waals surface area contributed by atoms with Gasteiger partial charge in [0.05, 0.1) is 23.1 Å². The lowest BCUT2D eigenvalue weighted by atomic mass is 10.1. The van der Waals surface area contributed by atoms with Crippen molar-refractivity contribution in [3.63, 3.8) is 0 Å². The van der Waals surface area contributed by atoms with Gasteiger partial charge in [-0.15, -0.1) is 0 Å². The topological polar surface area (TPSA) is 51.4 Å². The number of aromatic amines is 1. The average Bonchev–Trinajstić information content (AvgIpc) is 3.03. The van der Waals surface area contributed by atoms with E-state index in [0.717, 1.165) is 29.2 Å². The van der Waals surface area contributed by atoms with Crippen LogP contribution in [-0.4, -0.2) is 24.5 Å². The highest BCUT2D eigenvalue weighted by molar-refractivity contribution is 7.71. The zero-order valence-corrected chi connectivity index (χ0v) is 13.1. The summed E-state index contributed by atoms with van der Waals surface area (Å²) in [5.74, 6) is 0.800. The van der Waals surface area contributed by atoms with E-state index in [1.165, 1.54) is 5.56 Å². The van der Waals surface area contributed by atoms with E-state index in [0.29, 0.717) is 4.77 Å². The van der Waals surface area contributed by atoms with Gasteiger partial charge in [0.2, 0.25) is 0 Å². The normalized spacial score (nSPS) is 11.0. The molecule has 2 aromatic heterocycles. The Kier molecular flexibility index (Phi) is 3.47. The summed E-state index contributed by atoms with van der Waals surface area (Å²) >= 11 is 5.16. The van der Waals surface area contributed by atoms with Crippen molar-refractivity contribution in [2.45, 2.75) is 20.3 Å². The summed E-state index contributed by atoms with van der Waals surface area (Å²) in [4.78, 5) is 0. The third-order valence-electron chi connectivity index (χ3n) is 3.72. The first-order valence-electron chi connectivity index (χ1n) is 6.87. The molecule has 0 spiro atoms. The van der Waals surface area contributed by atoms with Gasteiger partial charge in [-0.25, -0.2) is 4.68 Å². The monoisotopic (exact) mass is 299 g/mol. The second kappa shape index (κ2) is 5.29. The maximum absolute atomic E-state index is 5.16. The molecule has 1 N–H and O–H groups in total. The molecule has 6 heteroatoms. The van der Waals surface area contributed by atoms with E-state index in [2.05, 4.69) is 46.5 Å². The standard InChI is InChI=1S/C15H17N5S/c1-4-11-5-7-12(8-6-11)20-10(2)13(9-16-20)14-17-18-15(21)19(14)3/h5-9H,4H2,1-3H3,(H,18,21). The molecule has 0 aliphatic carbocycles. The first-order chi connectivity index (χ1) is 10.1. The number of benzene rings is 1. The number of nitrogens with one attached hydrogen (secondary N) is 1. The summed E-state index contributed by atoms with van der Waals surface area (Å²) in [6, 6.07) is 8.44. The predicted octanol–water partition coefficient (Wildman–Crippen LogP) is 3.20. The lowest BCUT2D eigenvalue weighted by molar-refractivity contribution is 0.845. The molecule has 3 aromatic rings. The van der Waals surface area contributed by atoms with Gasteiger partial charge < -0.3 is 4.57 Å². The van der Waals surface area contributed by atoms with Crippen LogP contribution in [0.1, 0.15) is 18.2 Å². The molecule has 0 radical (unpaired) electrons. The van der Waals surface area contributed by atoms with Crippen LogP contribution >= 0.6 is 12.2 Å². The predicted molar refractivity (Wildman–Crippen MR) is 85.1 cm³/mol. The minimum Gasteiger partial charge on any atom is -0.303 e. The molecule has 0 aliphatic rings. The summed E-state index contributed by atoms with van der Waals surface area (Å²) in [5, 5.41) is 11.6. The number of rotatable bonds is 3. The minimum atomic E-state index is 0.601. The van der Waals surface area contributed by atoms with Crippen molar-refractivity contribution in [2.75, 3.05) is 0 Å². The summed E-state index contributed by atoms with van der Waals surface area (Å²) < 4.78 is 4.38. The van der Waals surface area contributed by atoms with E-state index in [-0.39, 0.29) is 0 Å². The first kappa shape index (κ1) is 13.8. The highest BCUT2D eigenvalue weighted by atomic mass is 32.1. The summed E-state index contributed by atoms with van der Waals surface area (Å²) in [7, 11) is 1.90. The molecule has 0 saturated carbocycles. The maximum atomic E-state index is 5.16. The number of hydrogen-bond acceptors (Lipinski definition) is 3. The first-order valence-corrected chi connectivity index (χ1v) is 7.28. The van der Waals surface area contributed by atoms with Gasteiger partial charge in [-0.3, -0.25) is 5.10 Å². The van der Waals surface area contributed by atoms with Crippen molar-refractivity contribution in [1.82, 2.24) is 24.5 Å². The molecule has 0 aliphatic heterocycles. The van der Waals surface area contributed by atoms with Gasteiger partial charge in [0.1, 0.15) is 0 Å². The molecule has 3 rings (SSSR count). The van der Waals surface area contributed by atoms with Gasteiger partial charge in [0, 0.05) is 7.05 Å². The van der Waals surface area contributed by atoms with Gasteiger partial charge in [-0.1, -0.05) is 19.1 Å². The Morgan fingerprint density at radius 3 is 2.52 bits per heavy atom. The third kappa shape index (κ3) is 2.31. The van der Waals surface area contributed by atoms with Crippen LogP contribution in [0, 0.1) is 11.7 Å². The molecule has 108 valence electrons.